The van der Waals surface area contributed by atoms with Gasteiger partial charge in [0.15, 0.2) is 0 Å². The molecule has 1 aromatic carbocycles. The fraction of sp³-hybridized carbons (Fsp3) is 0.267. The number of pyridine rings is 1. The van der Waals surface area contributed by atoms with Crippen molar-refractivity contribution in [3.05, 3.63) is 52.6 Å². The highest BCUT2D eigenvalue weighted by atomic mass is 35.5. The van der Waals surface area contributed by atoms with Crippen molar-refractivity contribution < 1.29 is 8.42 Å². The van der Waals surface area contributed by atoms with Gasteiger partial charge in [0.25, 0.3) is 0 Å². The number of halogens is 2. The molecular formula is C15H15Cl2N3O2S. The van der Waals surface area contributed by atoms with Gasteiger partial charge in [-0.15, -0.1) is 0 Å². The highest BCUT2D eigenvalue weighted by Crippen LogP contribution is 2.25. The lowest BCUT2D eigenvalue weighted by atomic mass is 10.3. The molecule has 1 fully saturated rings. The Kier molecular flexibility index (Phi) is 4.77. The molecule has 1 aromatic heterocycles. The molecule has 0 N–H and O–H groups in total. The first kappa shape index (κ1) is 16.5. The van der Waals surface area contributed by atoms with E-state index in [1.807, 2.05) is 4.90 Å². The van der Waals surface area contributed by atoms with Crippen molar-refractivity contribution in [3.8, 4) is 0 Å². The van der Waals surface area contributed by atoms with E-state index in [0.717, 1.165) is 0 Å². The number of anilines is 1. The van der Waals surface area contributed by atoms with Gasteiger partial charge in [-0.25, -0.2) is 13.4 Å². The maximum atomic E-state index is 12.7. The molecule has 0 aliphatic carbocycles. The zero-order chi connectivity index (χ0) is 16.4. The quantitative estimate of drug-likeness (QED) is 0.832. The Morgan fingerprint density at radius 2 is 1.74 bits per heavy atom. The van der Waals surface area contributed by atoms with Gasteiger partial charge in [-0.2, -0.15) is 4.31 Å². The molecule has 1 aliphatic heterocycles. The zero-order valence-electron chi connectivity index (χ0n) is 12.2. The van der Waals surface area contributed by atoms with Crippen LogP contribution in [0.15, 0.2) is 47.5 Å². The van der Waals surface area contributed by atoms with Gasteiger partial charge in [0.1, 0.15) is 5.82 Å². The molecule has 0 spiro atoms. The van der Waals surface area contributed by atoms with Gasteiger partial charge in [-0.3, -0.25) is 0 Å². The van der Waals surface area contributed by atoms with Crippen molar-refractivity contribution >= 4 is 39.0 Å². The Bertz CT molecular complexity index is 806. The van der Waals surface area contributed by atoms with Crippen molar-refractivity contribution in [1.29, 1.82) is 0 Å². The van der Waals surface area contributed by atoms with Crippen LogP contribution in [0.25, 0.3) is 0 Å². The van der Waals surface area contributed by atoms with E-state index < -0.39 is 10.0 Å². The van der Waals surface area contributed by atoms with Gasteiger partial charge in [0, 0.05) is 37.4 Å². The minimum absolute atomic E-state index is 0.217. The second kappa shape index (κ2) is 6.65. The number of benzene rings is 1. The molecule has 2 heterocycles. The lowest BCUT2D eigenvalue weighted by molar-refractivity contribution is 0.384. The summed E-state index contributed by atoms with van der Waals surface area (Å²) in [5.41, 5.74) is 0. The fourth-order valence-corrected chi connectivity index (χ4v) is 4.49. The second-order valence-electron chi connectivity index (χ2n) is 5.16. The SMILES string of the molecule is O=S(=O)(c1cccc(Cl)c1)N1CCN(c2ncccc2Cl)CC1. The summed E-state index contributed by atoms with van der Waals surface area (Å²) < 4.78 is 26.8. The van der Waals surface area contributed by atoms with Gasteiger partial charge < -0.3 is 4.90 Å². The normalized spacial score (nSPS) is 16.5. The molecule has 8 heteroatoms. The molecule has 122 valence electrons. The molecule has 0 atom stereocenters. The van der Waals surface area contributed by atoms with E-state index in [1.54, 1.807) is 36.5 Å². The molecule has 2 aromatic rings. The summed E-state index contributed by atoms with van der Waals surface area (Å²) in [6.07, 6.45) is 1.68. The minimum Gasteiger partial charge on any atom is -0.353 e. The molecule has 3 rings (SSSR count). The Hall–Kier alpha value is -1.34. The smallest absolute Gasteiger partial charge is 0.243 e. The van der Waals surface area contributed by atoms with Crippen molar-refractivity contribution in [2.75, 3.05) is 31.1 Å². The van der Waals surface area contributed by atoms with E-state index in [4.69, 9.17) is 23.2 Å². The van der Waals surface area contributed by atoms with E-state index in [0.29, 0.717) is 42.0 Å². The van der Waals surface area contributed by atoms with E-state index >= 15 is 0 Å². The Labute approximate surface area is 145 Å². The third-order valence-electron chi connectivity index (χ3n) is 3.71. The summed E-state index contributed by atoms with van der Waals surface area (Å²) in [6, 6.07) is 9.87. The summed E-state index contributed by atoms with van der Waals surface area (Å²) in [7, 11) is -3.53. The van der Waals surface area contributed by atoms with Gasteiger partial charge in [0.2, 0.25) is 10.0 Å². The summed E-state index contributed by atoms with van der Waals surface area (Å²) in [5, 5.41) is 0.976. The molecule has 5 nitrogen and oxygen atoms in total. The lowest BCUT2D eigenvalue weighted by Crippen LogP contribution is -2.49. The van der Waals surface area contributed by atoms with E-state index in [9.17, 15) is 8.42 Å². The molecule has 0 bridgehead atoms. The van der Waals surface area contributed by atoms with Crippen LogP contribution in [-0.4, -0.2) is 43.9 Å². The molecule has 0 radical (unpaired) electrons. The fourth-order valence-electron chi connectivity index (χ4n) is 2.53. The van der Waals surface area contributed by atoms with Crippen LogP contribution in [0.1, 0.15) is 0 Å². The molecule has 1 saturated heterocycles. The summed E-state index contributed by atoms with van der Waals surface area (Å²) in [4.78, 5) is 6.48. The third kappa shape index (κ3) is 3.45. The molecular weight excluding hydrogens is 357 g/mol. The predicted molar refractivity (Wildman–Crippen MR) is 91.7 cm³/mol. The van der Waals surface area contributed by atoms with E-state index in [1.165, 1.54) is 10.4 Å². The molecule has 1 aliphatic rings. The van der Waals surface area contributed by atoms with Gasteiger partial charge in [-0.1, -0.05) is 29.3 Å². The summed E-state index contributed by atoms with van der Waals surface area (Å²) in [5.74, 6) is 0.689. The van der Waals surface area contributed by atoms with Crippen LogP contribution in [0.5, 0.6) is 0 Å². The van der Waals surface area contributed by atoms with Crippen LogP contribution in [0.2, 0.25) is 10.0 Å². The maximum Gasteiger partial charge on any atom is 0.243 e. The molecule has 23 heavy (non-hydrogen) atoms. The highest BCUT2D eigenvalue weighted by Gasteiger charge is 2.29. The number of nitrogens with zero attached hydrogens (tertiary/aromatic N) is 3. The first-order chi connectivity index (χ1) is 11.0. The Morgan fingerprint density at radius 3 is 2.39 bits per heavy atom. The number of sulfonamides is 1. The molecule has 0 unspecified atom stereocenters. The summed E-state index contributed by atoms with van der Waals surface area (Å²) in [6.45, 7) is 1.83. The van der Waals surface area contributed by atoms with Crippen LogP contribution < -0.4 is 4.90 Å². The molecule has 0 amide bonds. The Balaban J connectivity index is 1.75. The number of piperazine rings is 1. The van der Waals surface area contributed by atoms with Crippen molar-refractivity contribution in [2.24, 2.45) is 0 Å². The van der Waals surface area contributed by atoms with E-state index in [-0.39, 0.29) is 4.90 Å². The lowest BCUT2D eigenvalue weighted by Gasteiger charge is -2.35. The van der Waals surface area contributed by atoms with Gasteiger partial charge in [-0.05, 0) is 30.3 Å². The predicted octanol–water partition coefficient (Wildman–Crippen LogP) is 2.90. The zero-order valence-corrected chi connectivity index (χ0v) is 14.5. The first-order valence-electron chi connectivity index (χ1n) is 7.10. The van der Waals surface area contributed by atoms with Crippen LogP contribution >= 0.6 is 23.2 Å². The monoisotopic (exact) mass is 371 g/mol. The van der Waals surface area contributed by atoms with Gasteiger partial charge in [0.05, 0.1) is 9.92 Å². The average molecular weight is 372 g/mol. The Morgan fingerprint density at radius 1 is 1.00 bits per heavy atom. The van der Waals surface area contributed by atoms with Crippen molar-refractivity contribution in [1.82, 2.24) is 9.29 Å². The number of aromatic nitrogens is 1. The van der Waals surface area contributed by atoms with Crippen LogP contribution in [0.3, 0.4) is 0 Å². The number of hydrogen-bond donors (Lipinski definition) is 0. The van der Waals surface area contributed by atoms with Crippen LogP contribution in [-0.2, 0) is 10.0 Å². The van der Waals surface area contributed by atoms with Crippen molar-refractivity contribution in [2.45, 2.75) is 4.90 Å². The minimum atomic E-state index is -3.53. The van der Waals surface area contributed by atoms with Gasteiger partial charge >= 0.3 is 0 Å². The van der Waals surface area contributed by atoms with Crippen LogP contribution in [0.4, 0.5) is 5.82 Å². The average Bonchev–Trinajstić information content (AvgIpc) is 2.55. The topological polar surface area (TPSA) is 53.5 Å². The first-order valence-corrected chi connectivity index (χ1v) is 9.29. The van der Waals surface area contributed by atoms with E-state index in [2.05, 4.69) is 4.98 Å². The van der Waals surface area contributed by atoms with Crippen molar-refractivity contribution in [3.63, 3.8) is 0 Å². The third-order valence-corrected chi connectivity index (χ3v) is 6.14. The highest BCUT2D eigenvalue weighted by molar-refractivity contribution is 7.89. The second-order valence-corrected chi connectivity index (χ2v) is 7.94. The van der Waals surface area contributed by atoms with Crippen LogP contribution in [0, 0.1) is 0 Å². The maximum absolute atomic E-state index is 12.7. The largest absolute Gasteiger partial charge is 0.353 e. The summed E-state index contributed by atoms with van der Waals surface area (Å²) >= 11 is 12.0. The number of hydrogen-bond acceptors (Lipinski definition) is 4. The standard InChI is InChI=1S/C15H15Cl2N3O2S/c16-12-3-1-4-13(11-12)23(21,22)20-9-7-19(8-10-20)15-14(17)5-2-6-18-15/h1-6,11H,7-10H2. The molecule has 0 saturated carbocycles. The number of rotatable bonds is 3.